The van der Waals surface area contributed by atoms with Crippen LogP contribution in [0.4, 0.5) is 0 Å². The van der Waals surface area contributed by atoms with Crippen LogP contribution in [0.15, 0.2) is 0 Å². The molecule has 0 aromatic carbocycles. The molecule has 0 bridgehead atoms. The molecule has 2 unspecified atom stereocenters. The third-order valence-corrected chi connectivity index (χ3v) is 4.59. The number of unbranched alkanes of at least 4 members (excludes halogenated alkanes) is 3. The van der Waals surface area contributed by atoms with Crippen molar-refractivity contribution in [2.24, 2.45) is 17.3 Å². The van der Waals surface area contributed by atoms with Gasteiger partial charge in [0.15, 0.2) is 0 Å². The zero-order valence-corrected chi connectivity index (χ0v) is 15.7. The van der Waals surface area contributed by atoms with Gasteiger partial charge in [-0.2, -0.15) is 0 Å². The second-order valence-electron chi connectivity index (χ2n) is 7.52. The molecule has 2 nitrogen and oxygen atoms in total. The SMILES string of the molecule is [CH2]C(C)CCC(CCC(C)C)(COC)C(=O)CCCCCC. The lowest BCUT2D eigenvalue weighted by Crippen LogP contribution is -2.36. The molecular formula is C20H39O2. The predicted octanol–water partition coefficient (Wildman–Crippen LogP) is 5.85. The maximum atomic E-state index is 12.9. The van der Waals surface area contributed by atoms with E-state index in [1.165, 1.54) is 19.3 Å². The van der Waals surface area contributed by atoms with Crippen molar-refractivity contribution in [3.05, 3.63) is 6.92 Å². The van der Waals surface area contributed by atoms with Crippen molar-refractivity contribution < 1.29 is 9.53 Å². The molecule has 0 aromatic heterocycles. The van der Waals surface area contributed by atoms with Gasteiger partial charge in [0.05, 0.1) is 12.0 Å². The van der Waals surface area contributed by atoms with E-state index < -0.39 is 0 Å². The Kier molecular flexibility index (Phi) is 11.9. The number of carbonyl (C=O) groups is 1. The molecule has 2 heteroatoms. The molecule has 0 amide bonds. The number of Topliss-reactive ketones (excluding diaryl/α,β-unsaturated/α-hetero) is 1. The first-order valence-corrected chi connectivity index (χ1v) is 9.23. The molecule has 131 valence electrons. The van der Waals surface area contributed by atoms with Crippen molar-refractivity contribution in [2.45, 2.75) is 85.5 Å². The molecule has 22 heavy (non-hydrogen) atoms. The largest absolute Gasteiger partial charge is 0.384 e. The zero-order valence-electron chi connectivity index (χ0n) is 15.7. The first-order valence-electron chi connectivity index (χ1n) is 9.23. The summed E-state index contributed by atoms with van der Waals surface area (Å²) in [5.41, 5.74) is -0.281. The minimum absolute atomic E-state index is 0.281. The van der Waals surface area contributed by atoms with Crippen LogP contribution in [-0.2, 0) is 9.53 Å². The number of methoxy groups -OCH3 is 1. The van der Waals surface area contributed by atoms with Crippen LogP contribution >= 0.6 is 0 Å². The van der Waals surface area contributed by atoms with Crippen LogP contribution < -0.4 is 0 Å². The van der Waals surface area contributed by atoms with E-state index >= 15 is 0 Å². The zero-order chi connectivity index (χ0) is 17.0. The number of hydrogen-bond donors (Lipinski definition) is 0. The standard InChI is InChI=1S/C20H39O2/c1-7-8-9-10-11-19(21)20(16-22-6,14-12-17(2)3)15-13-18(4)5/h17-18H,2,7-16H2,1,3-6H3. The summed E-state index contributed by atoms with van der Waals surface area (Å²) in [7, 11) is 1.72. The lowest BCUT2D eigenvalue weighted by molar-refractivity contribution is -0.133. The van der Waals surface area contributed by atoms with E-state index in [0.717, 1.165) is 32.1 Å². The van der Waals surface area contributed by atoms with Crippen LogP contribution in [0.3, 0.4) is 0 Å². The van der Waals surface area contributed by atoms with Crippen molar-refractivity contribution in [2.75, 3.05) is 13.7 Å². The molecule has 0 aliphatic rings. The minimum Gasteiger partial charge on any atom is -0.384 e. The first kappa shape index (κ1) is 21.6. The van der Waals surface area contributed by atoms with Gasteiger partial charge in [0.2, 0.25) is 0 Å². The Morgan fingerprint density at radius 3 is 2.23 bits per heavy atom. The molecule has 0 heterocycles. The fourth-order valence-corrected chi connectivity index (χ4v) is 2.97. The number of ether oxygens (including phenoxy) is 1. The summed E-state index contributed by atoms with van der Waals surface area (Å²) in [5, 5.41) is 0. The molecule has 0 aromatic rings. The lowest BCUT2D eigenvalue weighted by Gasteiger charge is -2.33. The number of carbonyl (C=O) groups excluding carboxylic acids is 1. The van der Waals surface area contributed by atoms with Crippen molar-refractivity contribution in [1.82, 2.24) is 0 Å². The topological polar surface area (TPSA) is 26.3 Å². The third-order valence-electron chi connectivity index (χ3n) is 4.59. The summed E-state index contributed by atoms with van der Waals surface area (Å²) in [6, 6.07) is 0. The second kappa shape index (κ2) is 12.1. The molecule has 0 aliphatic heterocycles. The minimum atomic E-state index is -0.281. The van der Waals surface area contributed by atoms with Gasteiger partial charge in [0.1, 0.15) is 5.78 Å². The lowest BCUT2D eigenvalue weighted by atomic mass is 9.72. The average molecular weight is 312 g/mol. The Morgan fingerprint density at radius 2 is 1.73 bits per heavy atom. The molecule has 0 rings (SSSR count). The van der Waals surface area contributed by atoms with E-state index in [1.807, 2.05) is 0 Å². The van der Waals surface area contributed by atoms with Gasteiger partial charge >= 0.3 is 0 Å². The molecular weight excluding hydrogens is 272 g/mol. The van der Waals surface area contributed by atoms with Crippen LogP contribution in [0.2, 0.25) is 0 Å². The third kappa shape index (κ3) is 8.92. The molecule has 0 saturated carbocycles. The maximum absolute atomic E-state index is 12.9. The summed E-state index contributed by atoms with van der Waals surface area (Å²) in [6.07, 6.45) is 9.32. The van der Waals surface area contributed by atoms with Gasteiger partial charge < -0.3 is 4.74 Å². The Labute approximate surface area is 139 Å². The van der Waals surface area contributed by atoms with Crippen molar-refractivity contribution in [1.29, 1.82) is 0 Å². The van der Waals surface area contributed by atoms with Crippen LogP contribution in [0.1, 0.15) is 85.5 Å². The van der Waals surface area contributed by atoms with E-state index in [4.69, 9.17) is 4.74 Å². The molecule has 0 aliphatic carbocycles. The fourth-order valence-electron chi connectivity index (χ4n) is 2.97. The number of rotatable bonds is 14. The van der Waals surface area contributed by atoms with E-state index in [0.29, 0.717) is 30.6 Å². The van der Waals surface area contributed by atoms with Crippen molar-refractivity contribution >= 4 is 5.78 Å². The van der Waals surface area contributed by atoms with E-state index in [1.54, 1.807) is 7.11 Å². The number of ketones is 1. The molecule has 0 saturated heterocycles. The summed E-state index contributed by atoms with van der Waals surface area (Å²) in [6.45, 7) is 13.5. The van der Waals surface area contributed by atoms with Crippen LogP contribution in [0.5, 0.6) is 0 Å². The Bertz CT molecular complexity index is 269. The molecule has 0 N–H and O–H groups in total. The first-order chi connectivity index (χ1) is 10.4. The van der Waals surface area contributed by atoms with Crippen LogP contribution in [-0.4, -0.2) is 19.5 Å². The number of hydrogen-bond acceptors (Lipinski definition) is 2. The maximum Gasteiger partial charge on any atom is 0.141 e. The fraction of sp³-hybridized carbons (Fsp3) is 0.900. The molecule has 2 atom stereocenters. The van der Waals surface area contributed by atoms with Gasteiger partial charge in [-0.3, -0.25) is 4.79 Å². The van der Waals surface area contributed by atoms with Crippen molar-refractivity contribution in [3.63, 3.8) is 0 Å². The van der Waals surface area contributed by atoms with Gasteiger partial charge in [0, 0.05) is 13.5 Å². The molecule has 0 fully saturated rings. The highest BCUT2D eigenvalue weighted by Gasteiger charge is 2.37. The predicted molar refractivity (Wildman–Crippen MR) is 95.9 cm³/mol. The van der Waals surface area contributed by atoms with Gasteiger partial charge in [-0.1, -0.05) is 53.9 Å². The Morgan fingerprint density at radius 1 is 1.09 bits per heavy atom. The summed E-state index contributed by atoms with van der Waals surface area (Å²) >= 11 is 0. The van der Waals surface area contributed by atoms with Gasteiger partial charge in [-0.15, -0.1) is 0 Å². The highest BCUT2D eigenvalue weighted by Crippen LogP contribution is 2.36. The van der Waals surface area contributed by atoms with E-state index in [9.17, 15) is 4.79 Å². The smallest absolute Gasteiger partial charge is 0.141 e. The average Bonchev–Trinajstić information content (AvgIpc) is 2.46. The van der Waals surface area contributed by atoms with E-state index in [-0.39, 0.29) is 5.41 Å². The summed E-state index contributed by atoms with van der Waals surface area (Å²) in [4.78, 5) is 12.9. The normalized spacial score (nSPS) is 12.4. The van der Waals surface area contributed by atoms with Crippen LogP contribution in [0.25, 0.3) is 0 Å². The quantitative estimate of drug-likeness (QED) is 0.376. The van der Waals surface area contributed by atoms with Crippen LogP contribution in [0, 0.1) is 24.2 Å². The highest BCUT2D eigenvalue weighted by atomic mass is 16.5. The van der Waals surface area contributed by atoms with Gasteiger partial charge in [-0.25, -0.2) is 0 Å². The van der Waals surface area contributed by atoms with E-state index in [2.05, 4.69) is 34.6 Å². The Balaban J connectivity index is 4.84. The summed E-state index contributed by atoms with van der Waals surface area (Å²) < 4.78 is 5.48. The van der Waals surface area contributed by atoms with Crippen molar-refractivity contribution in [3.8, 4) is 0 Å². The van der Waals surface area contributed by atoms with Gasteiger partial charge in [0.25, 0.3) is 0 Å². The second-order valence-corrected chi connectivity index (χ2v) is 7.52. The van der Waals surface area contributed by atoms with Gasteiger partial charge in [-0.05, 0) is 43.9 Å². The highest BCUT2D eigenvalue weighted by molar-refractivity contribution is 5.85. The molecule has 0 spiro atoms. The monoisotopic (exact) mass is 311 g/mol. The molecule has 1 radical (unpaired) electrons. The summed E-state index contributed by atoms with van der Waals surface area (Å²) in [5.74, 6) is 1.44. The Hall–Kier alpha value is -0.370.